The molecule has 3 heteroatoms. The van der Waals surface area contributed by atoms with Gasteiger partial charge in [-0.25, -0.2) is 9.97 Å². The Morgan fingerprint density at radius 2 is 1.09 bits per heavy atom. The summed E-state index contributed by atoms with van der Waals surface area (Å²) in [7, 11) is 0. The topological polar surface area (TPSA) is 30.7 Å². The maximum atomic E-state index is 5.21. The van der Waals surface area contributed by atoms with Gasteiger partial charge >= 0.3 is 0 Å². The number of para-hydroxylation sites is 4. The Balaban J connectivity index is 1.12. The number of nitrogens with zero attached hydrogens (tertiary/aromatic N) is 3. The molecule has 2 aromatic heterocycles. The number of hydrogen-bond acceptors (Lipinski definition) is 2. The van der Waals surface area contributed by atoms with Crippen molar-refractivity contribution in [1.82, 2.24) is 14.5 Å². The van der Waals surface area contributed by atoms with Crippen LogP contribution in [-0.2, 0) is 5.41 Å². The summed E-state index contributed by atoms with van der Waals surface area (Å²) in [5.41, 5.74) is 15.0. The van der Waals surface area contributed by atoms with E-state index < -0.39 is 0 Å². The molecule has 0 radical (unpaired) electrons. The molecule has 9 rings (SSSR count). The Morgan fingerprint density at radius 1 is 0.500 bits per heavy atom. The first kappa shape index (κ1) is 26.6. The quantitative estimate of drug-likeness (QED) is 0.204. The number of imidazole rings is 1. The summed E-state index contributed by atoms with van der Waals surface area (Å²) in [5.74, 6) is 0.941. The second-order valence-electron chi connectivity index (χ2n) is 12.6. The molecule has 0 atom stereocenters. The van der Waals surface area contributed by atoms with Crippen molar-refractivity contribution in [2.45, 2.75) is 19.3 Å². The first-order chi connectivity index (χ1) is 22.6. The van der Waals surface area contributed by atoms with Crippen molar-refractivity contribution in [3.8, 4) is 50.6 Å². The van der Waals surface area contributed by atoms with Crippen LogP contribution in [0.2, 0.25) is 0 Å². The summed E-state index contributed by atoms with van der Waals surface area (Å²) in [6.07, 6.45) is 0. The van der Waals surface area contributed by atoms with Crippen molar-refractivity contribution >= 4 is 21.9 Å². The van der Waals surface area contributed by atoms with E-state index in [1.54, 1.807) is 0 Å². The Bertz CT molecular complexity index is 2420. The van der Waals surface area contributed by atoms with E-state index in [9.17, 15) is 0 Å². The van der Waals surface area contributed by atoms with Crippen molar-refractivity contribution in [1.29, 1.82) is 0 Å². The van der Waals surface area contributed by atoms with Crippen LogP contribution in [0.15, 0.2) is 152 Å². The maximum Gasteiger partial charge on any atom is 0.145 e. The van der Waals surface area contributed by atoms with Crippen LogP contribution in [0.4, 0.5) is 0 Å². The number of benzene rings is 6. The molecule has 0 saturated carbocycles. The first-order valence-corrected chi connectivity index (χ1v) is 15.9. The zero-order valence-electron chi connectivity index (χ0n) is 25.8. The zero-order chi connectivity index (χ0) is 30.8. The molecule has 0 fully saturated rings. The van der Waals surface area contributed by atoms with Crippen LogP contribution in [0.5, 0.6) is 0 Å². The van der Waals surface area contributed by atoms with Gasteiger partial charge in [0.05, 0.1) is 22.2 Å². The van der Waals surface area contributed by atoms with Crippen LogP contribution >= 0.6 is 0 Å². The van der Waals surface area contributed by atoms with Crippen LogP contribution in [0.25, 0.3) is 72.5 Å². The van der Waals surface area contributed by atoms with Crippen molar-refractivity contribution in [2.75, 3.05) is 0 Å². The fraction of sp³-hybridized carbons (Fsp3) is 0.0698. The highest BCUT2D eigenvalue weighted by Crippen LogP contribution is 2.53. The van der Waals surface area contributed by atoms with Gasteiger partial charge < -0.3 is 0 Å². The third-order valence-electron chi connectivity index (χ3n) is 9.60. The van der Waals surface area contributed by atoms with Gasteiger partial charge in [0, 0.05) is 27.6 Å². The summed E-state index contributed by atoms with van der Waals surface area (Å²) in [6, 6.07) is 53.9. The van der Waals surface area contributed by atoms with Crippen LogP contribution < -0.4 is 0 Å². The summed E-state index contributed by atoms with van der Waals surface area (Å²) in [6.45, 7) is 4.67. The number of aromatic nitrogens is 3. The second kappa shape index (κ2) is 10.1. The van der Waals surface area contributed by atoms with Crippen molar-refractivity contribution in [2.24, 2.45) is 0 Å². The molecular formula is C43H31N3. The zero-order valence-corrected chi connectivity index (χ0v) is 25.8. The molecule has 0 N–H and O–H groups in total. The van der Waals surface area contributed by atoms with Crippen molar-refractivity contribution < 1.29 is 0 Å². The summed E-state index contributed by atoms with van der Waals surface area (Å²) >= 11 is 0. The van der Waals surface area contributed by atoms with Gasteiger partial charge in [-0.3, -0.25) is 4.57 Å². The molecule has 0 saturated heterocycles. The molecule has 0 bridgehead atoms. The molecule has 3 nitrogen and oxygen atoms in total. The fourth-order valence-corrected chi connectivity index (χ4v) is 7.38. The van der Waals surface area contributed by atoms with Gasteiger partial charge in [0.25, 0.3) is 0 Å². The normalized spacial score (nSPS) is 13.2. The molecule has 1 aliphatic rings. The molecule has 8 aromatic rings. The lowest BCUT2D eigenvalue weighted by molar-refractivity contribution is 0.662. The van der Waals surface area contributed by atoms with Gasteiger partial charge in [-0.15, -0.1) is 0 Å². The predicted molar refractivity (Wildman–Crippen MR) is 190 cm³/mol. The average molecular weight is 590 g/mol. The highest BCUT2D eigenvalue weighted by molar-refractivity contribution is 6.02. The van der Waals surface area contributed by atoms with Gasteiger partial charge in [0.1, 0.15) is 5.82 Å². The lowest BCUT2D eigenvalue weighted by Crippen LogP contribution is -2.16. The third-order valence-corrected chi connectivity index (χ3v) is 9.60. The van der Waals surface area contributed by atoms with Gasteiger partial charge in [0.2, 0.25) is 0 Å². The van der Waals surface area contributed by atoms with E-state index in [1.807, 2.05) is 12.1 Å². The maximum absolute atomic E-state index is 5.21. The third kappa shape index (κ3) is 3.98. The van der Waals surface area contributed by atoms with Crippen LogP contribution in [0, 0.1) is 0 Å². The predicted octanol–water partition coefficient (Wildman–Crippen LogP) is 10.9. The molecule has 46 heavy (non-hydrogen) atoms. The summed E-state index contributed by atoms with van der Waals surface area (Å²) < 4.78 is 2.25. The highest BCUT2D eigenvalue weighted by Gasteiger charge is 2.39. The molecule has 6 aromatic carbocycles. The average Bonchev–Trinajstić information content (AvgIpc) is 3.61. The standard InChI is InChI=1S/C43H31N3/c1-43(2)35-16-8-6-14-33(35)41-40(43)39(34-15-7-9-17-36(34)44-41)30-24-20-28(21-25-30)29-22-26-31(27-23-29)42-45-37-18-10-11-19-38(37)46(42)32-12-4-3-5-13-32/h3-27H,1-2H3. The van der Waals surface area contributed by atoms with Gasteiger partial charge in [0.15, 0.2) is 0 Å². The molecule has 1 aliphatic carbocycles. The Labute approximate surface area is 268 Å². The van der Waals surface area contributed by atoms with E-state index >= 15 is 0 Å². The minimum Gasteiger partial charge on any atom is -0.292 e. The lowest BCUT2D eigenvalue weighted by atomic mass is 9.78. The van der Waals surface area contributed by atoms with E-state index in [-0.39, 0.29) is 5.41 Å². The minimum atomic E-state index is -0.150. The highest BCUT2D eigenvalue weighted by atomic mass is 15.1. The van der Waals surface area contributed by atoms with E-state index in [0.717, 1.165) is 39.3 Å². The van der Waals surface area contributed by atoms with Gasteiger partial charge in [-0.1, -0.05) is 135 Å². The molecule has 0 amide bonds. The molecule has 2 heterocycles. The molecule has 218 valence electrons. The second-order valence-corrected chi connectivity index (χ2v) is 12.6. The minimum absolute atomic E-state index is 0.150. The molecular weight excluding hydrogens is 558 g/mol. The Morgan fingerprint density at radius 3 is 1.85 bits per heavy atom. The van der Waals surface area contributed by atoms with E-state index in [1.165, 1.54) is 44.3 Å². The number of rotatable bonds is 4. The fourth-order valence-electron chi connectivity index (χ4n) is 7.38. The SMILES string of the molecule is CC1(C)c2ccccc2-c2nc3ccccc3c(-c3ccc(-c4ccc(-c5nc6ccccc6n5-c5ccccc5)cc4)cc3)c21. The first-order valence-electron chi connectivity index (χ1n) is 15.9. The van der Waals surface area contributed by atoms with E-state index in [2.05, 4.69) is 158 Å². The van der Waals surface area contributed by atoms with Gasteiger partial charge in [-0.05, 0) is 63.7 Å². The monoisotopic (exact) mass is 589 g/mol. The Kier molecular flexibility index (Phi) is 5.85. The van der Waals surface area contributed by atoms with Crippen LogP contribution in [0.1, 0.15) is 25.0 Å². The van der Waals surface area contributed by atoms with E-state index in [0.29, 0.717) is 0 Å². The molecule has 0 unspecified atom stereocenters. The lowest BCUT2D eigenvalue weighted by Gasteiger charge is -2.25. The number of hydrogen-bond donors (Lipinski definition) is 0. The van der Waals surface area contributed by atoms with Crippen molar-refractivity contribution in [3.63, 3.8) is 0 Å². The number of pyridine rings is 1. The summed E-state index contributed by atoms with van der Waals surface area (Å²) in [5, 5.41) is 1.19. The van der Waals surface area contributed by atoms with Gasteiger partial charge in [-0.2, -0.15) is 0 Å². The van der Waals surface area contributed by atoms with Crippen LogP contribution in [0.3, 0.4) is 0 Å². The molecule has 0 aliphatic heterocycles. The smallest absolute Gasteiger partial charge is 0.145 e. The summed E-state index contributed by atoms with van der Waals surface area (Å²) in [4.78, 5) is 10.3. The number of fused-ring (bicyclic) bond motifs is 5. The van der Waals surface area contributed by atoms with Crippen molar-refractivity contribution in [3.05, 3.63) is 163 Å². The Hall–Kier alpha value is -5.80. The van der Waals surface area contributed by atoms with Crippen LogP contribution in [-0.4, -0.2) is 14.5 Å². The molecule has 0 spiro atoms. The van der Waals surface area contributed by atoms with E-state index in [4.69, 9.17) is 9.97 Å². The largest absolute Gasteiger partial charge is 0.292 e.